The second kappa shape index (κ2) is 6.10. The highest BCUT2D eigenvalue weighted by Gasteiger charge is 2.22. The minimum absolute atomic E-state index is 0.0395. The Morgan fingerprint density at radius 1 is 1.19 bits per heavy atom. The van der Waals surface area contributed by atoms with Crippen LogP contribution in [0.5, 0.6) is 0 Å². The van der Waals surface area contributed by atoms with Gasteiger partial charge in [-0.1, -0.05) is 6.07 Å². The van der Waals surface area contributed by atoms with E-state index >= 15 is 0 Å². The first-order valence-electron chi connectivity index (χ1n) is 7.33. The van der Waals surface area contributed by atoms with Gasteiger partial charge in [0.15, 0.2) is 0 Å². The van der Waals surface area contributed by atoms with Crippen molar-refractivity contribution in [2.45, 2.75) is 19.3 Å². The summed E-state index contributed by atoms with van der Waals surface area (Å²) in [5, 5.41) is 6.81. The maximum absolute atomic E-state index is 12.0. The standard InChI is InChI=1S/C16H19N3O2/c20-15(19-16(21)12-3-6-17-7-4-12)10-11-1-2-14-13(9-11)5-8-18-14/h1-2,5,8-9,12,17-18H,3-4,6-7,10H2,(H,19,20,21). The Morgan fingerprint density at radius 2 is 2.00 bits per heavy atom. The molecular weight excluding hydrogens is 266 g/mol. The number of nitrogens with one attached hydrogen (secondary N) is 3. The van der Waals surface area contributed by atoms with Gasteiger partial charge in [-0.25, -0.2) is 0 Å². The summed E-state index contributed by atoms with van der Waals surface area (Å²) in [5.41, 5.74) is 1.96. The van der Waals surface area contributed by atoms with E-state index in [4.69, 9.17) is 0 Å². The summed E-state index contributed by atoms with van der Waals surface area (Å²) >= 11 is 0. The summed E-state index contributed by atoms with van der Waals surface area (Å²) < 4.78 is 0. The van der Waals surface area contributed by atoms with E-state index in [1.807, 2.05) is 30.5 Å². The monoisotopic (exact) mass is 285 g/mol. The van der Waals surface area contributed by atoms with Crippen LogP contribution >= 0.6 is 0 Å². The lowest BCUT2D eigenvalue weighted by Gasteiger charge is -2.21. The fraction of sp³-hybridized carbons (Fsp3) is 0.375. The number of hydrogen-bond donors (Lipinski definition) is 3. The van der Waals surface area contributed by atoms with E-state index in [2.05, 4.69) is 15.6 Å². The number of fused-ring (bicyclic) bond motifs is 1. The van der Waals surface area contributed by atoms with Crippen molar-refractivity contribution in [3.8, 4) is 0 Å². The molecule has 110 valence electrons. The van der Waals surface area contributed by atoms with Crippen LogP contribution in [-0.2, 0) is 16.0 Å². The molecule has 0 aliphatic carbocycles. The molecule has 1 aromatic carbocycles. The minimum Gasteiger partial charge on any atom is -0.361 e. The highest BCUT2D eigenvalue weighted by Crippen LogP contribution is 2.15. The van der Waals surface area contributed by atoms with E-state index in [1.165, 1.54) is 0 Å². The van der Waals surface area contributed by atoms with Gasteiger partial charge in [-0.2, -0.15) is 0 Å². The van der Waals surface area contributed by atoms with Gasteiger partial charge in [-0.05, 0) is 55.1 Å². The maximum atomic E-state index is 12.0. The first-order valence-corrected chi connectivity index (χ1v) is 7.33. The normalized spacial score (nSPS) is 16.0. The van der Waals surface area contributed by atoms with Crippen LogP contribution in [0.2, 0.25) is 0 Å². The van der Waals surface area contributed by atoms with Crippen molar-refractivity contribution < 1.29 is 9.59 Å². The third-order valence-corrected chi connectivity index (χ3v) is 3.95. The number of carbonyl (C=O) groups excluding carboxylic acids is 2. The predicted octanol–water partition coefficient (Wildman–Crippen LogP) is 1.35. The van der Waals surface area contributed by atoms with Crippen LogP contribution in [0.15, 0.2) is 30.5 Å². The Bertz CT molecular complexity index is 656. The summed E-state index contributed by atoms with van der Waals surface area (Å²) in [6, 6.07) is 7.80. The number of H-pyrrole nitrogens is 1. The molecule has 0 bridgehead atoms. The van der Waals surface area contributed by atoms with Crippen molar-refractivity contribution in [1.82, 2.24) is 15.6 Å². The van der Waals surface area contributed by atoms with E-state index in [0.29, 0.717) is 0 Å². The first-order chi connectivity index (χ1) is 10.2. The molecule has 0 radical (unpaired) electrons. The van der Waals surface area contributed by atoms with Crippen LogP contribution in [-0.4, -0.2) is 29.9 Å². The Labute approximate surface area is 123 Å². The van der Waals surface area contributed by atoms with Crippen LogP contribution in [0.4, 0.5) is 0 Å². The number of aromatic nitrogens is 1. The molecule has 0 atom stereocenters. The molecule has 1 fully saturated rings. The van der Waals surface area contributed by atoms with Gasteiger partial charge < -0.3 is 10.3 Å². The Balaban J connectivity index is 1.59. The van der Waals surface area contributed by atoms with Gasteiger partial charge in [0, 0.05) is 17.6 Å². The van der Waals surface area contributed by atoms with Gasteiger partial charge in [-0.15, -0.1) is 0 Å². The van der Waals surface area contributed by atoms with Crippen molar-refractivity contribution in [3.05, 3.63) is 36.0 Å². The molecule has 5 nitrogen and oxygen atoms in total. The molecule has 1 aromatic heterocycles. The van der Waals surface area contributed by atoms with Gasteiger partial charge >= 0.3 is 0 Å². The lowest BCUT2D eigenvalue weighted by molar-refractivity contribution is -0.133. The minimum atomic E-state index is -0.228. The molecule has 0 unspecified atom stereocenters. The van der Waals surface area contributed by atoms with Crippen molar-refractivity contribution >= 4 is 22.7 Å². The second-order valence-corrected chi connectivity index (χ2v) is 5.51. The summed E-state index contributed by atoms with van der Waals surface area (Å²) in [7, 11) is 0. The fourth-order valence-electron chi connectivity index (χ4n) is 2.77. The molecule has 2 heterocycles. The molecule has 0 saturated carbocycles. The molecule has 0 spiro atoms. The fourth-order valence-corrected chi connectivity index (χ4v) is 2.77. The summed E-state index contributed by atoms with van der Waals surface area (Å²) in [5.74, 6) is -0.403. The third kappa shape index (κ3) is 3.31. The van der Waals surface area contributed by atoms with Gasteiger partial charge in [0.05, 0.1) is 6.42 Å². The molecular formula is C16H19N3O2. The summed E-state index contributed by atoms with van der Waals surface area (Å²) in [6.45, 7) is 1.69. The predicted molar refractivity (Wildman–Crippen MR) is 80.7 cm³/mol. The highest BCUT2D eigenvalue weighted by atomic mass is 16.2. The van der Waals surface area contributed by atoms with Gasteiger partial charge in [0.1, 0.15) is 0 Å². The second-order valence-electron chi connectivity index (χ2n) is 5.51. The molecule has 1 saturated heterocycles. The number of aromatic amines is 1. The van der Waals surface area contributed by atoms with Crippen molar-refractivity contribution in [2.24, 2.45) is 5.92 Å². The van der Waals surface area contributed by atoms with Crippen LogP contribution in [0.1, 0.15) is 18.4 Å². The van der Waals surface area contributed by atoms with Gasteiger partial charge in [-0.3, -0.25) is 14.9 Å². The molecule has 2 aromatic rings. The van der Waals surface area contributed by atoms with Crippen LogP contribution in [0, 0.1) is 5.92 Å². The average Bonchev–Trinajstić information content (AvgIpc) is 2.95. The van der Waals surface area contributed by atoms with Crippen molar-refractivity contribution in [3.63, 3.8) is 0 Å². The first kappa shape index (κ1) is 13.8. The van der Waals surface area contributed by atoms with E-state index in [9.17, 15) is 9.59 Å². The van der Waals surface area contributed by atoms with E-state index in [1.54, 1.807) is 0 Å². The quantitative estimate of drug-likeness (QED) is 0.797. The molecule has 3 rings (SSSR count). The van der Waals surface area contributed by atoms with Crippen molar-refractivity contribution in [1.29, 1.82) is 0 Å². The highest BCUT2D eigenvalue weighted by molar-refractivity contribution is 5.97. The van der Waals surface area contributed by atoms with Crippen LogP contribution in [0.3, 0.4) is 0 Å². The van der Waals surface area contributed by atoms with Gasteiger partial charge in [0.2, 0.25) is 11.8 Å². The lowest BCUT2D eigenvalue weighted by Crippen LogP contribution is -2.41. The van der Waals surface area contributed by atoms with E-state index in [-0.39, 0.29) is 24.2 Å². The number of carbonyl (C=O) groups is 2. The van der Waals surface area contributed by atoms with E-state index < -0.39 is 0 Å². The molecule has 3 N–H and O–H groups in total. The summed E-state index contributed by atoms with van der Waals surface area (Å²) in [6.07, 6.45) is 3.70. The number of benzene rings is 1. The SMILES string of the molecule is O=C(Cc1ccc2[nH]ccc2c1)NC(=O)C1CCNCC1. The number of amides is 2. The smallest absolute Gasteiger partial charge is 0.230 e. The maximum Gasteiger partial charge on any atom is 0.230 e. The number of piperidine rings is 1. The molecule has 21 heavy (non-hydrogen) atoms. The van der Waals surface area contributed by atoms with Crippen LogP contribution in [0.25, 0.3) is 10.9 Å². The van der Waals surface area contributed by atoms with Gasteiger partial charge in [0.25, 0.3) is 0 Å². The Hall–Kier alpha value is -2.14. The zero-order chi connectivity index (χ0) is 14.7. The van der Waals surface area contributed by atoms with Crippen LogP contribution < -0.4 is 10.6 Å². The molecule has 1 aliphatic rings. The number of imide groups is 1. The lowest BCUT2D eigenvalue weighted by atomic mass is 9.97. The zero-order valence-corrected chi connectivity index (χ0v) is 11.8. The molecule has 5 heteroatoms. The molecule has 2 amide bonds. The largest absolute Gasteiger partial charge is 0.361 e. The Morgan fingerprint density at radius 3 is 2.81 bits per heavy atom. The van der Waals surface area contributed by atoms with Crippen molar-refractivity contribution in [2.75, 3.05) is 13.1 Å². The van der Waals surface area contributed by atoms with E-state index in [0.717, 1.165) is 42.4 Å². The molecule has 1 aliphatic heterocycles. The summed E-state index contributed by atoms with van der Waals surface area (Å²) in [4.78, 5) is 27.1. The third-order valence-electron chi connectivity index (χ3n) is 3.95. The Kier molecular flexibility index (Phi) is 4.01. The topological polar surface area (TPSA) is 74.0 Å². The number of rotatable bonds is 3. The average molecular weight is 285 g/mol. The zero-order valence-electron chi connectivity index (χ0n) is 11.8. The number of hydrogen-bond acceptors (Lipinski definition) is 3.